The van der Waals surface area contributed by atoms with Crippen molar-refractivity contribution in [1.82, 2.24) is 0 Å². The lowest BCUT2D eigenvalue weighted by molar-refractivity contribution is -0.118. The second-order valence-electron chi connectivity index (χ2n) is 6.74. The molecule has 0 saturated heterocycles. The van der Waals surface area contributed by atoms with Crippen LogP contribution in [-0.4, -0.2) is 23.6 Å². The zero-order valence-electron chi connectivity index (χ0n) is 14.9. The molecule has 5 nitrogen and oxygen atoms in total. The third kappa shape index (κ3) is 5.23. The highest BCUT2D eigenvalue weighted by atomic mass is 35.5. The van der Waals surface area contributed by atoms with E-state index in [1.54, 1.807) is 0 Å². The fourth-order valence-electron chi connectivity index (χ4n) is 3.36. The topological polar surface area (TPSA) is 75.6 Å². The number of hydrogen-bond acceptors (Lipinski definition) is 3. The van der Waals surface area contributed by atoms with Crippen LogP contribution in [0.25, 0.3) is 0 Å². The summed E-state index contributed by atoms with van der Waals surface area (Å²) in [5.41, 5.74) is 1.62. The van der Waals surface area contributed by atoms with Crippen molar-refractivity contribution in [2.45, 2.75) is 38.0 Å². The molecular weight excluding hydrogens is 366 g/mol. The quantitative estimate of drug-likeness (QED) is 0.722. The van der Waals surface area contributed by atoms with Gasteiger partial charge in [-0.05, 0) is 54.7 Å². The summed E-state index contributed by atoms with van der Waals surface area (Å²) >= 11 is 6.00. The zero-order chi connectivity index (χ0) is 19.2. The van der Waals surface area contributed by atoms with Gasteiger partial charge < -0.3 is 15.2 Å². The van der Waals surface area contributed by atoms with Crippen molar-refractivity contribution in [3.8, 4) is 5.75 Å². The molecule has 0 unspecified atom stereocenters. The van der Waals surface area contributed by atoms with Crippen LogP contribution in [0.15, 0.2) is 42.5 Å². The highest BCUT2D eigenvalue weighted by molar-refractivity contribution is 6.33. The van der Waals surface area contributed by atoms with Crippen molar-refractivity contribution < 1.29 is 19.4 Å². The predicted octanol–water partition coefficient (Wildman–Crippen LogP) is 5.10. The fraction of sp³-hybridized carbons (Fsp3) is 0.333. The molecule has 0 radical (unpaired) electrons. The summed E-state index contributed by atoms with van der Waals surface area (Å²) in [6.07, 6.45) is 6.37. The standard InChI is InChI=1S/C21H22ClNO4/c22-18-11-8-16(21(25)26)12-19(18)23-20(24)13-27-17-9-6-15(7-10-17)14-4-2-1-3-5-14/h6-12,14H,1-5,13H2,(H,23,24)(H,25,26). The lowest BCUT2D eigenvalue weighted by Crippen LogP contribution is -2.20. The van der Waals surface area contributed by atoms with E-state index in [9.17, 15) is 9.59 Å². The van der Waals surface area contributed by atoms with Gasteiger partial charge in [0.05, 0.1) is 16.3 Å². The highest BCUT2D eigenvalue weighted by Gasteiger charge is 2.15. The smallest absolute Gasteiger partial charge is 0.335 e. The molecule has 2 aromatic carbocycles. The van der Waals surface area contributed by atoms with Crippen molar-refractivity contribution in [2.75, 3.05) is 11.9 Å². The number of rotatable bonds is 6. The summed E-state index contributed by atoms with van der Waals surface area (Å²) in [7, 11) is 0. The largest absolute Gasteiger partial charge is 0.484 e. The number of halogens is 1. The van der Waals surface area contributed by atoms with Gasteiger partial charge >= 0.3 is 5.97 Å². The summed E-state index contributed by atoms with van der Waals surface area (Å²) < 4.78 is 5.53. The molecule has 3 rings (SSSR count). The number of hydrogen-bond donors (Lipinski definition) is 2. The van der Waals surface area contributed by atoms with Gasteiger partial charge in [-0.25, -0.2) is 4.79 Å². The first-order chi connectivity index (χ1) is 13.0. The Hall–Kier alpha value is -2.53. The molecule has 0 bridgehead atoms. The van der Waals surface area contributed by atoms with Crippen LogP contribution in [0.5, 0.6) is 5.75 Å². The summed E-state index contributed by atoms with van der Waals surface area (Å²) in [6.45, 7) is -0.184. The van der Waals surface area contributed by atoms with Crippen molar-refractivity contribution in [3.63, 3.8) is 0 Å². The molecule has 1 aliphatic carbocycles. The minimum atomic E-state index is -1.09. The van der Waals surface area contributed by atoms with Crippen LogP contribution in [0.3, 0.4) is 0 Å². The predicted molar refractivity (Wildman–Crippen MR) is 105 cm³/mol. The van der Waals surface area contributed by atoms with E-state index in [2.05, 4.69) is 17.4 Å². The Labute approximate surface area is 163 Å². The Balaban J connectivity index is 1.54. The van der Waals surface area contributed by atoms with Crippen LogP contribution in [0.4, 0.5) is 5.69 Å². The Bertz CT molecular complexity index is 813. The van der Waals surface area contributed by atoms with E-state index < -0.39 is 11.9 Å². The van der Waals surface area contributed by atoms with Crippen molar-refractivity contribution in [1.29, 1.82) is 0 Å². The molecule has 2 N–H and O–H groups in total. The number of benzene rings is 2. The lowest BCUT2D eigenvalue weighted by Gasteiger charge is -2.22. The van der Waals surface area contributed by atoms with Crippen molar-refractivity contribution in [3.05, 3.63) is 58.6 Å². The highest BCUT2D eigenvalue weighted by Crippen LogP contribution is 2.33. The van der Waals surface area contributed by atoms with Crippen LogP contribution in [0.1, 0.15) is 53.9 Å². The lowest BCUT2D eigenvalue weighted by atomic mass is 9.84. The zero-order valence-corrected chi connectivity index (χ0v) is 15.7. The van der Waals surface area contributed by atoms with E-state index in [0.717, 1.165) is 0 Å². The van der Waals surface area contributed by atoms with Gasteiger partial charge in [-0.3, -0.25) is 4.79 Å². The van der Waals surface area contributed by atoms with Gasteiger partial charge in [0.1, 0.15) is 5.75 Å². The molecule has 27 heavy (non-hydrogen) atoms. The molecule has 1 fully saturated rings. The van der Waals surface area contributed by atoms with Crippen LogP contribution in [-0.2, 0) is 4.79 Å². The third-order valence-electron chi connectivity index (χ3n) is 4.81. The second kappa shape index (κ2) is 8.91. The molecule has 1 saturated carbocycles. The average molecular weight is 388 g/mol. The molecule has 0 aromatic heterocycles. The van der Waals surface area contributed by atoms with Crippen molar-refractivity contribution in [2.24, 2.45) is 0 Å². The Morgan fingerprint density at radius 3 is 2.44 bits per heavy atom. The fourth-order valence-corrected chi connectivity index (χ4v) is 3.53. The van der Waals surface area contributed by atoms with Gasteiger partial charge in [0.2, 0.25) is 0 Å². The molecule has 6 heteroatoms. The van der Waals surface area contributed by atoms with Gasteiger partial charge in [0.15, 0.2) is 6.61 Å². The average Bonchev–Trinajstić information content (AvgIpc) is 2.69. The van der Waals surface area contributed by atoms with Gasteiger partial charge in [0.25, 0.3) is 5.91 Å². The minimum Gasteiger partial charge on any atom is -0.484 e. The number of carbonyl (C=O) groups is 2. The summed E-state index contributed by atoms with van der Waals surface area (Å²) in [4.78, 5) is 23.1. The maximum absolute atomic E-state index is 12.1. The number of aromatic carboxylic acids is 1. The van der Waals surface area contributed by atoms with Crippen molar-refractivity contribution >= 4 is 29.2 Å². The third-order valence-corrected chi connectivity index (χ3v) is 5.14. The molecule has 142 valence electrons. The molecule has 0 atom stereocenters. The Morgan fingerprint density at radius 2 is 1.78 bits per heavy atom. The van der Waals surface area contributed by atoms with Crippen LogP contribution < -0.4 is 10.1 Å². The molecule has 2 aromatic rings. The Kier molecular flexibility index (Phi) is 6.35. The van der Waals surface area contributed by atoms with E-state index in [-0.39, 0.29) is 22.9 Å². The first-order valence-electron chi connectivity index (χ1n) is 9.08. The summed E-state index contributed by atoms with van der Waals surface area (Å²) in [5, 5.41) is 11.9. The van der Waals surface area contributed by atoms with E-state index >= 15 is 0 Å². The first-order valence-corrected chi connectivity index (χ1v) is 9.46. The maximum atomic E-state index is 12.1. The normalized spacial score (nSPS) is 14.6. The van der Waals surface area contributed by atoms with Crippen LogP contribution >= 0.6 is 11.6 Å². The number of nitrogens with one attached hydrogen (secondary N) is 1. The van der Waals surface area contributed by atoms with E-state index in [1.807, 2.05) is 12.1 Å². The van der Waals surface area contributed by atoms with Crippen LogP contribution in [0.2, 0.25) is 5.02 Å². The number of carboxylic acids is 1. The molecule has 0 heterocycles. The number of carboxylic acid groups (broad SMARTS) is 1. The molecule has 0 spiro atoms. The number of anilines is 1. The van der Waals surface area contributed by atoms with Gasteiger partial charge in [-0.15, -0.1) is 0 Å². The number of ether oxygens (including phenoxy) is 1. The van der Waals surface area contributed by atoms with Crippen LogP contribution in [0, 0.1) is 0 Å². The SMILES string of the molecule is O=C(COc1ccc(C2CCCCC2)cc1)Nc1cc(C(=O)O)ccc1Cl. The van der Waals surface area contributed by atoms with Gasteiger partial charge in [-0.2, -0.15) is 0 Å². The van der Waals surface area contributed by atoms with Gasteiger partial charge in [-0.1, -0.05) is 43.0 Å². The molecule has 1 aliphatic rings. The number of carbonyl (C=O) groups excluding carboxylic acids is 1. The summed E-state index contributed by atoms with van der Waals surface area (Å²) in [6, 6.07) is 12.0. The van der Waals surface area contributed by atoms with E-state index in [1.165, 1.54) is 55.9 Å². The molecule has 1 amide bonds. The first kappa shape index (κ1) is 19.2. The monoisotopic (exact) mass is 387 g/mol. The second-order valence-corrected chi connectivity index (χ2v) is 7.15. The molecule has 0 aliphatic heterocycles. The van der Waals surface area contributed by atoms with Gasteiger partial charge in [0, 0.05) is 0 Å². The van der Waals surface area contributed by atoms with E-state index in [0.29, 0.717) is 11.7 Å². The number of amides is 1. The Morgan fingerprint density at radius 1 is 1.07 bits per heavy atom. The van der Waals surface area contributed by atoms with E-state index in [4.69, 9.17) is 21.4 Å². The minimum absolute atomic E-state index is 0.0499. The maximum Gasteiger partial charge on any atom is 0.335 e. The molecular formula is C21H22ClNO4. The summed E-state index contributed by atoms with van der Waals surface area (Å²) in [5.74, 6) is -0.248.